The van der Waals surface area contributed by atoms with E-state index < -0.39 is 42.0 Å². The van der Waals surface area contributed by atoms with Crippen molar-refractivity contribution < 1.29 is 27.2 Å². The number of amides is 2. The molecule has 0 radical (unpaired) electrons. The van der Waals surface area contributed by atoms with E-state index in [4.69, 9.17) is 0 Å². The van der Waals surface area contributed by atoms with E-state index >= 15 is 0 Å². The lowest BCUT2D eigenvalue weighted by molar-refractivity contribution is -0.137. The molecule has 0 fully saturated rings. The van der Waals surface area contributed by atoms with Gasteiger partial charge in [-0.25, -0.2) is 4.39 Å². The zero-order valence-electron chi connectivity index (χ0n) is 16.3. The highest BCUT2D eigenvalue weighted by Crippen LogP contribution is 2.38. The third kappa shape index (κ3) is 4.38. The molecule has 1 N–H and O–H groups in total. The van der Waals surface area contributed by atoms with Gasteiger partial charge in [-0.2, -0.15) is 13.2 Å². The predicted octanol–water partition coefficient (Wildman–Crippen LogP) is 5.79. The number of hydrogen-bond donors (Lipinski definition) is 1. The van der Waals surface area contributed by atoms with Crippen LogP contribution in [0.3, 0.4) is 0 Å². The first kappa shape index (κ1) is 22.0. The van der Waals surface area contributed by atoms with Gasteiger partial charge in [-0.05, 0) is 54.1 Å². The van der Waals surface area contributed by atoms with Crippen molar-refractivity contribution in [2.75, 3.05) is 11.9 Å². The van der Waals surface area contributed by atoms with Crippen molar-refractivity contribution in [1.82, 2.24) is 4.90 Å². The second kappa shape index (κ2) is 8.38. The Morgan fingerprint density at radius 2 is 1.75 bits per heavy atom. The largest absolute Gasteiger partial charge is 0.416 e. The fraction of sp³-hybridized carbons (Fsp3) is 0.130. The number of anilines is 1. The van der Waals surface area contributed by atoms with Gasteiger partial charge in [0.1, 0.15) is 12.4 Å². The number of fused-ring (bicyclic) bond motifs is 1. The van der Waals surface area contributed by atoms with Gasteiger partial charge in [0.05, 0.1) is 11.6 Å². The Morgan fingerprint density at radius 3 is 2.44 bits per heavy atom. The molecule has 0 bridgehead atoms. The average Bonchev–Trinajstić information content (AvgIpc) is 2.89. The zero-order valence-corrected chi connectivity index (χ0v) is 17.9. The maximum absolute atomic E-state index is 13.6. The number of rotatable bonds is 2. The molecule has 3 aromatic rings. The van der Waals surface area contributed by atoms with Crippen LogP contribution >= 0.6 is 15.9 Å². The van der Waals surface area contributed by atoms with Crippen molar-refractivity contribution in [3.63, 3.8) is 0 Å². The molecule has 0 aliphatic carbocycles. The number of benzene rings is 3. The van der Waals surface area contributed by atoms with E-state index in [2.05, 4.69) is 21.2 Å². The molecule has 1 aliphatic rings. The zero-order chi connectivity index (χ0) is 23.0. The number of nitrogens with one attached hydrogen (secondary N) is 1. The highest BCUT2D eigenvalue weighted by atomic mass is 79.9. The van der Waals surface area contributed by atoms with Crippen LogP contribution in [-0.4, -0.2) is 23.3 Å². The Bertz CT molecular complexity index is 1200. The molecule has 1 aliphatic heterocycles. The van der Waals surface area contributed by atoms with Gasteiger partial charge in [0.25, 0.3) is 5.91 Å². The van der Waals surface area contributed by atoms with Crippen LogP contribution in [0.15, 0.2) is 71.2 Å². The monoisotopic (exact) mass is 506 g/mol. The summed E-state index contributed by atoms with van der Waals surface area (Å²) in [6, 6.07) is 13.7. The first-order valence-corrected chi connectivity index (χ1v) is 10.3. The number of nitrogens with zero attached hydrogens (tertiary/aromatic N) is 1. The molecule has 32 heavy (non-hydrogen) atoms. The fourth-order valence-electron chi connectivity index (χ4n) is 3.67. The van der Waals surface area contributed by atoms with Crippen molar-refractivity contribution in [2.24, 2.45) is 0 Å². The molecule has 0 aromatic heterocycles. The van der Waals surface area contributed by atoms with Crippen molar-refractivity contribution >= 4 is 33.4 Å². The molecule has 0 spiro atoms. The van der Waals surface area contributed by atoms with Crippen molar-refractivity contribution in [1.29, 1.82) is 0 Å². The average molecular weight is 507 g/mol. The molecule has 0 saturated heterocycles. The standard InChI is InChI=1S/C23H15BrF4N2O2/c24-16-6-9-19-18(11-16)21(13-4-7-17(25)8-5-13)30(12-20(31)29-19)22(32)14-2-1-3-15(10-14)23(26,27)28/h1-11,21H,12H2,(H,29,31)/t21-/m0/s1. The second-order valence-corrected chi connectivity index (χ2v) is 8.16. The molecule has 1 heterocycles. The van der Waals surface area contributed by atoms with E-state index in [0.717, 1.165) is 18.2 Å². The first-order chi connectivity index (χ1) is 15.1. The Kier molecular flexibility index (Phi) is 5.77. The van der Waals surface area contributed by atoms with Crippen LogP contribution in [0.5, 0.6) is 0 Å². The van der Waals surface area contributed by atoms with E-state index in [0.29, 0.717) is 21.3 Å². The van der Waals surface area contributed by atoms with Gasteiger partial charge >= 0.3 is 6.18 Å². The number of alkyl halides is 3. The third-order valence-electron chi connectivity index (χ3n) is 5.09. The molecular formula is C23H15BrF4N2O2. The smallest absolute Gasteiger partial charge is 0.324 e. The number of hydrogen-bond acceptors (Lipinski definition) is 2. The van der Waals surface area contributed by atoms with Crippen LogP contribution in [0.4, 0.5) is 23.2 Å². The van der Waals surface area contributed by atoms with Gasteiger partial charge in [-0.3, -0.25) is 9.59 Å². The summed E-state index contributed by atoms with van der Waals surface area (Å²) < 4.78 is 53.8. The van der Waals surface area contributed by atoms with E-state index in [1.165, 1.54) is 35.2 Å². The summed E-state index contributed by atoms with van der Waals surface area (Å²) in [5, 5.41) is 2.72. The van der Waals surface area contributed by atoms with E-state index in [9.17, 15) is 27.2 Å². The fourth-order valence-corrected chi connectivity index (χ4v) is 4.04. The summed E-state index contributed by atoms with van der Waals surface area (Å²) in [5.74, 6) is -1.74. The number of carbonyl (C=O) groups is 2. The summed E-state index contributed by atoms with van der Waals surface area (Å²) >= 11 is 3.37. The van der Waals surface area contributed by atoms with Crippen LogP contribution in [0.2, 0.25) is 0 Å². The first-order valence-electron chi connectivity index (χ1n) is 9.46. The summed E-state index contributed by atoms with van der Waals surface area (Å²) in [5.41, 5.74) is 0.314. The maximum Gasteiger partial charge on any atom is 0.416 e. The lowest BCUT2D eigenvalue weighted by Crippen LogP contribution is -2.39. The molecular weight excluding hydrogens is 492 g/mol. The van der Waals surface area contributed by atoms with Gasteiger partial charge in [0.15, 0.2) is 0 Å². The Hall–Kier alpha value is -3.20. The van der Waals surface area contributed by atoms with Crippen LogP contribution in [0, 0.1) is 5.82 Å². The summed E-state index contributed by atoms with van der Waals surface area (Å²) in [6.45, 7) is -0.399. The van der Waals surface area contributed by atoms with Crippen molar-refractivity contribution in [3.05, 3.63) is 99.3 Å². The maximum atomic E-state index is 13.6. The van der Waals surface area contributed by atoms with Crippen LogP contribution in [-0.2, 0) is 11.0 Å². The van der Waals surface area contributed by atoms with E-state index in [1.807, 2.05) is 0 Å². The predicted molar refractivity (Wildman–Crippen MR) is 113 cm³/mol. The Morgan fingerprint density at radius 1 is 1.03 bits per heavy atom. The van der Waals surface area contributed by atoms with Gasteiger partial charge in [0, 0.05) is 21.3 Å². The molecule has 9 heteroatoms. The summed E-state index contributed by atoms with van der Waals surface area (Å²) in [4.78, 5) is 27.2. The van der Waals surface area contributed by atoms with Gasteiger partial charge in [-0.15, -0.1) is 0 Å². The van der Waals surface area contributed by atoms with E-state index in [-0.39, 0.29) is 5.56 Å². The quantitative estimate of drug-likeness (QED) is 0.447. The lowest BCUT2D eigenvalue weighted by Gasteiger charge is -2.31. The minimum atomic E-state index is -4.62. The van der Waals surface area contributed by atoms with Crippen LogP contribution in [0.1, 0.15) is 33.1 Å². The molecule has 4 nitrogen and oxygen atoms in total. The van der Waals surface area contributed by atoms with E-state index in [1.54, 1.807) is 18.2 Å². The molecule has 2 amide bonds. The Labute approximate surface area is 189 Å². The van der Waals surface area contributed by atoms with Crippen LogP contribution < -0.4 is 5.32 Å². The minimum absolute atomic E-state index is 0.210. The highest BCUT2D eigenvalue weighted by molar-refractivity contribution is 9.10. The highest BCUT2D eigenvalue weighted by Gasteiger charge is 2.36. The topological polar surface area (TPSA) is 49.4 Å². The molecule has 164 valence electrons. The normalized spacial score (nSPS) is 16.2. The Balaban J connectivity index is 1.87. The third-order valence-corrected chi connectivity index (χ3v) is 5.58. The van der Waals surface area contributed by atoms with Gasteiger partial charge < -0.3 is 10.2 Å². The minimum Gasteiger partial charge on any atom is -0.324 e. The molecule has 3 aromatic carbocycles. The second-order valence-electron chi connectivity index (χ2n) is 7.25. The summed E-state index contributed by atoms with van der Waals surface area (Å²) in [7, 11) is 0. The molecule has 4 rings (SSSR count). The lowest BCUT2D eigenvalue weighted by atomic mass is 9.95. The van der Waals surface area contributed by atoms with Gasteiger partial charge in [0.2, 0.25) is 5.91 Å². The number of carbonyl (C=O) groups excluding carboxylic acids is 2. The molecule has 1 atom stereocenters. The SMILES string of the molecule is O=C1CN(C(=O)c2cccc(C(F)(F)F)c2)[C@@H](c2ccc(F)cc2)c2cc(Br)ccc2N1. The molecule has 0 saturated carbocycles. The number of halogens is 5. The summed E-state index contributed by atoms with van der Waals surface area (Å²) in [6.07, 6.45) is -4.62. The van der Waals surface area contributed by atoms with Crippen molar-refractivity contribution in [3.8, 4) is 0 Å². The van der Waals surface area contributed by atoms with Crippen LogP contribution in [0.25, 0.3) is 0 Å². The molecule has 0 unspecified atom stereocenters. The van der Waals surface area contributed by atoms with Gasteiger partial charge in [-0.1, -0.05) is 34.1 Å². The van der Waals surface area contributed by atoms with Crippen molar-refractivity contribution in [2.45, 2.75) is 12.2 Å².